The van der Waals surface area contributed by atoms with E-state index in [0.717, 1.165) is 24.0 Å². The van der Waals surface area contributed by atoms with E-state index < -0.39 is 0 Å². The van der Waals surface area contributed by atoms with Crippen LogP contribution in [-0.2, 0) is 0 Å². The van der Waals surface area contributed by atoms with Gasteiger partial charge < -0.3 is 4.74 Å². The number of carbonyl (C=O) groups excluding carboxylic acids is 1. The first-order chi connectivity index (χ1) is 9.19. The minimum absolute atomic E-state index is 0.205. The molecule has 0 fully saturated rings. The lowest BCUT2D eigenvalue weighted by atomic mass is 10.0. The molecule has 1 aromatic carbocycles. The smallest absolute Gasteiger partial charge is 0.166 e. The summed E-state index contributed by atoms with van der Waals surface area (Å²) in [5.74, 6) is 0.901. The van der Waals surface area contributed by atoms with Gasteiger partial charge in [0.25, 0.3) is 0 Å². The second kappa shape index (κ2) is 8.73. The molecule has 106 valence electrons. The number of ether oxygens (including phenoxy) is 1. The molecule has 0 radical (unpaired) electrons. The Morgan fingerprint density at radius 2 is 1.79 bits per heavy atom. The number of benzene rings is 1. The van der Waals surface area contributed by atoms with Crippen LogP contribution in [0.5, 0.6) is 5.75 Å². The molecule has 0 N–H and O–H groups in total. The van der Waals surface area contributed by atoms with E-state index in [2.05, 4.69) is 6.92 Å². The Labute approximate surface area is 117 Å². The van der Waals surface area contributed by atoms with E-state index in [1.165, 1.54) is 25.7 Å². The van der Waals surface area contributed by atoms with Crippen LogP contribution in [0.4, 0.5) is 0 Å². The summed E-state index contributed by atoms with van der Waals surface area (Å²) in [5, 5.41) is 0. The largest absolute Gasteiger partial charge is 0.496 e. The van der Waals surface area contributed by atoms with Gasteiger partial charge in [0, 0.05) is 6.42 Å². The molecular formula is C17H26O2. The van der Waals surface area contributed by atoms with Crippen LogP contribution in [0.1, 0.15) is 67.8 Å². The number of aryl methyl sites for hydroxylation is 1. The average molecular weight is 262 g/mol. The Kier molecular flexibility index (Phi) is 7.24. The Bertz CT molecular complexity index is 396. The predicted octanol–water partition coefficient (Wildman–Crippen LogP) is 4.94. The molecule has 0 amide bonds. The van der Waals surface area contributed by atoms with Crippen molar-refractivity contribution < 1.29 is 9.53 Å². The molecule has 0 bridgehead atoms. The van der Waals surface area contributed by atoms with E-state index in [0.29, 0.717) is 12.2 Å². The van der Waals surface area contributed by atoms with Gasteiger partial charge in [-0.2, -0.15) is 0 Å². The van der Waals surface area contributed by atoms with Crippen LogP contribution in [0.25, 0.3) is 0 Å². The molecule has 0 aliphatic rings. The summed E-state index contributed by atoms with van der Waals surface area (Å²) in [5.41, 5.74) is 1.84. The minimum Gasteiger partial charge on any atom is -0.496 e. The van der Waals surface area contributed by atoms with Crippen molar-refractivity contribution in [2.45, 2.75) is 58.8 Å². The second-order valence-electron chi connectivity index (χ2n) is 5.14. The summed E-state index contributed by atoms with van der Waals surface area (Å²) < 4.78 is 5.26. The van der Waals surface area contributed by atoms with Gasteiger partial charge in [-0.15, -0.1) is 0 Å². The molecule has 2 nitrogen and oxygen atoms in total. The van der Waals surface area contributed by atoms with Crippen molar-refractivity contribution in [2.75, 3.05) is 7.11 Å². The van der Waals surface area contributed by atoms with Gasteiger partial charge >= 0.3 is 0 Å². The fourth-order valence-electron chi connectivity index (χ4n) is 2.24. The molecule has 1 rings (SSSR count). The zero-order chi connectivity index (χ0) is 14.1. The number of hydrogen-bond acceptors (Lipinski definition) is 2. The van der Waals surface area contributed by atoms with Crippen molar-refractivity contribution in [1.82, 2.24) is 0 Å². The number of rotatable bonds is 9. The molecule has 0 saturated heterocycles. The van der Waals surface area contributed by atoms with Crippen molar-refractivity contribution in [1.29, 1.82) is 0 Å². The van der Waals surface area contributed by atoms with E-state index in [-0.39, 0.29) is 5.78 Å². The lowest BCUT2D eigenvalue weighted by Crippen LogP contribution is -2.02. The van der Waals surface area contributed by atoms with E-state index in [9.17, 15) is 4.79 Å². The molecule has 0 unspecified atom stereocenters. The maximum atomic E-state index is 12.2. The van der Waals surface area contributed by atoms with Gasteiger partial charge in [0.2, 0.25) is 0 Å². The summed E-state index contributed by atoms with van der Waals surface area (Å²) in [7, 11) is 1.62. The average Bonchev–Trinajstić information content (AvgIpc) is 2.42. The van der Waals surface area contributed by atoms with Crippen LogP contribution < -0.4 is 4.74 Å². The molecule has 0 heterocycles. The molecule has 2 heteroatoms. The van der Waals surface area contributed by atoms with Crippen molar-refractivity contribution >= 4 is 5.78 Å². The van der Waals surface area contributed by atoms with E-state index in [1.54, 1.807) is 7.11 Å². The molecule has 0 saturated carbocycles. The topological polar surface area (TPSA) is 26.3 Å². The van der Waals surface area contributed by atoms with Crippen molar-refractivity contribution in [3.63, 3.8) is 0 Å². The number of hydrogen-bond donors (Lipinski definition) is 0. The maximum Gasteiger partial charge on any atom is 0.166 e. The molecule has 19 heavy (non-hydrogen) atoms. The highest BCUT2D eigenvalue weighted by atomic mass is 16.5. The van der Waals surface area contributed by atoms with Crippen molar-refractivity contribution in [2.24, 2.45) is 0 Å². The Morgan fingerprint density at radius 1 is 1.11 bits per heavy atom. The minimum atomic E-state index is 0.205. The Morgan fingerprint density at radius 3 is 2.47 bits per heavy atom. The van der Waals surface area contributed by atoms with E-state index >= 15 is 0 Å². The molecular weight excluding hydrogens is 236 g/mol. The summed E-state index contributed by atoms with van der Waals surface area (Å²) in [4.78, 5) is 12.2. The zero-order valence-electron chi connectivity index (χ0n) is 12.5. The van der Waals surface area contributed by atoms with Crippen LogP contribution in [-0.4, -0.2) is 12.9 Å². The van der Waals surface area contributed by atoms with Crippen LogP contribution in [0, 0.1) is 6.92 Å². The SMILES string of the molecule is CCCCCCCCC(=O)c1cc(C)ccc1OC. The summed E-state index contributed by atoms with van der Waals surface area (Å²) in [6.45, 7) is 4.22. The third kappa shape index (κ3) is 5.46. The Hall–Kier alpha value is -1.31. The fraction of sp³-hybridized carbons (Fsp3) is 0.588. The van der Waals surface area contributed by atoms with Gasteiger partial charge in [0.1, 0.15) is 5.75 Å². The number of methoxy groups -OCH3 is 1. The van der Waals surface area contributed by atoms with Gasteiger partial charge in [-0.1, -0.05) is 50.7 Å². The third-order valence-electron chi connectivity index (χ3n) is 3.41. The van der Waals surface area contributed by atoms with Crippen LogP contribution in [0.2, 0.25) is 0 Å². The van der Waals surface area contributed by atoms with Gasteiger partial charge in [-0.3, -0.25) is 4.79 Å². The lowest BCUT2D eigenvalue weighted by molar-refractivity contribution is 0.0976. The third-order valence-corrected chi connectivity index (χ3v) is 3.41. The monoisotopic (exact) mass is 262 g/mol. The van der Waals surface area contributed by atoms with Gasteiger partial charge in [0.05, 0.1) is 12.7 Å². The molecule has 0 atom stereocenters. The van der Waals surface area contributed by atoms with E-state index in [4.69, 9.17) is 4.74 Å². The molecule has 1 aromatic rings. The van der Waals surface area contributed by atoms with Crippen LogP contribution >= 0.6 is 0 Å². The fourth-order valence-corrected chi connectivity index (χ4v) is 2.24. The first-order valence-electron chi connectivity index (χ1n) is 7.37. The number of unbranched alkanes of at least 4 members (excludes halogenated alkanes) is 5. The molecule has 0 spiro atoms. The van der Waals surface area contributed by atoms with E-state index in [1.807, 2.05) is 25.1 Å². The number of carbonyl (C=O) groups is 1. The highest BCUT2D eigenvalue weighted by Gasteiger charge is 2.11. The molecule has 0 aliphatic heterocycles. The number of Topliss-reactive ketones (excluding diaryl/α,β-unsaturated/α-hetero) is 1. The molecule has 0 aliphatic carbocycles. The predicted molar refractivity (Wildman–Crippen MR) is 80.1 cm³/mol. The second-order valence-corrected chi connectivity index (χ2v) is 5.14. The van der Waals surface area contributed by atoms with Crippen LogP contribution in [0.15, 0.2) is 18.2 Å². The van der Waals surface area contributed by atoms with Gasteiger partial charge in [0.15, 0.2) is 5.78 Å². The van der Waals surface area contributed by atoms with Crippen molar-refractivity contribution in [3.05, 3.63) is 29.3 Å². The van der Waals surface area contributed by atoms with Gasteiger partial charge in [-0.05, 0) is 25.5 Å². The Balaban J connectivity index is 2.43. The standard InChI is InChI=1S/C17H26O2/c1-4-5-6-7-8-9-10-16(18)15-13-14(2)11-12-17(15)19-3/h11-13H,4-10H2,1-3H3. The highest BCUT2D eigenvalue weighted by molar-refractivity contribution is 5.98. The van der Waals surface area contributed by atoms with Crippen molar-refractivity contribution in [3.8, 4) is 5.75 Å². The normalized spacial score (nSPS) is 10.5. The highest BCUT2D eigenvalue weighted by Crippen LogP contribution is 2.22. The number of ketones is 1. The lowest BCUT2D eigenvalue weighted by Gasteiger charge is -2.08. The summed E-state index contributed by atoms with van der Waals surface area (Å²) in [6, 6.07) is 5.78. The van der Waals surface area contributed by atoms with Crippen LogP contribution in [0.3, 0.4) is 0 Å². The maximum absolute atomic E-state index is 12.2. The summed E-state index contributed by atoms with van der Waals surface area (Å²) in [6.07, 6.45) is 7.87. The molecule has 0 aromatic heterocycles. The zero-order valence-corrected chi connectivity index (χ0v) is 12.5. The van der Waals surface area contributed by atoms with Gasteiger partial charge in [-0.25, -0.2) is 0 Å². The first-order valence-corrected chi connectivity index (χ1v) is 7.37. The first kappa shape index (κ1) is 15.7. The summed E-state index contributed by atoms with van der Waals surface area (Å²) >= 11 is 0. The quantitative estimate of drug-likeness (QED) is 0.465.